The average Bonchev–Trinajstić information content (AvgIpc) is 3.48. The summed E-state index contributed by atoms with van der Waals surface area (Å²) in [7, 11) is 3.54. The highest BCUT2D eigenvalue weighted by atomic mass is 19.1. The molecule has 1 fully saturated rings. The molecule has 0 aliphatic heterocycles. The molecule has 2 heterocycles. The van der Waals surface area contributed by atoms with Crippen molar-refractivity contribution in [2.75, 3.05) is 25.0 Å². The molecular weight excluding hydrogens is 481 g/mol. The molecule has 0 atom stereocenters. The number of guanidine groups is 1. The fourth-order valence-corrected chi connectivity index (χ4v) is 5.39. The van der Waals surface area contributed by atoms with Gasteiger partial charge in [0.1, 0.15) is 11.6 Å². The van der Waals surface area contributed by atoms with Gasteiger partial charge in [0.2, 0.25) is 5.96 Å². The molecule has 3 aromatic rings. The SMILES string of the molecule is C=Cc1cc(F)cc(CN(Cc2cc3c(C)nn(C)c3nc2N(CC)CC2CCCC2)/C(N)=N/N(C)N)c1. The summed E-state index contributed by atoms with van der Waals surface area (Å²) in [5.74, 6) is 7.29. The number of anilines is 1. The lowest BCUT2D eigenvalue weighted by atomic mass is 10.1. The Balaban J connectivity index is 1.78. The van der Waals surface area contributed by atoms with Crippen LogP contribution < -0.4 is 16.5 Å². The first-order valence-corrected chi connectivity index (χ1v) is 13.3. The molecule has 1 aromatic carbocycles. The zero-order valence-corrected chi connectivity index (χ0v) is 23.0. The Morgan fingerprint density at radius 2 is 1.97 bits per heavy atom. The van der Waals surface area contributed by atoms with Crippen LogP contribution in [-0.4, -0.2) is 50.9 Å². The molecule has 1 aliphatic carbocycles. The minimum Gasteiger partial charge on any atom is -0.368 e. The number of halogens is 1. The zero-order valence-electron chi connectivity index (χ0n) is 23.0. The second-order valence-corrected chi connectivity index (χ2v) is 10.2. The Bertz CT molecular complexity index is 1310. The molecule has 4 N–H and O–H groups in total. The van der Waals surface area contributed by atoms with Gasteiger partial charge in [0, 0.05) is 51.2 Å². The number of fused-ring (bicyclic) bond motifs is 1. The van der Waals surface area contributed by atoms with E-state index in [1.54, 1.807) is 13.1 Å². The van der Waals surface area contributed by atoms with E-state index in [1.807, 2.05) is 29.6 Å². The monoisotopic (exact) mass is 521 g/mol. The van der Waals surface area contributed by atoms with Crippen molar-refractivity contribution >= 4 is 28.9 Å². The van der Waals surface area contributed by atoms with E-state index in [9.17, 15) is 4.39 Å². The third kappa shape index (κ3) is 6.24. The number of aryl methyl sites for hydroxylation is 2. The maximum atomic E-state index is 14.4. The van der Waals surface area contributed by atoms with Crippen LogP contribution in [-0.2, 0) is 20.1 Å². The predicted molar refractivity (Wildman–Crippen MR) is 152 cm³/mol. The second kappa shape index (κ2) is 11.8. The molecule has 1 aliphatic rings. The van der Waals surface area contributed by atoms with E-state index in [-0.39, 0.29) is 11.8 Å². The maximum Gasteiger partial charge on any atom is 0.216 e. The first-order valence-electron chi connectivity index (χ1n) is 13.3. The topological polar surface area (TPSA) is 105 Å². The summed E-state index contributed by atoms with van der Waals surface area (Å²) in [4.78, 5) is 9.40. The highest BCUT2D eigenvalue weighted by Gasteiger charge is 2.24. The lowest BCUT2D eigenvalue weighted by Gasteiger charge is -2.30. The third-order valence-corrected chi connectivity index (χ3v) is 7.22. The second-order valence-electron chi connectivity index (χ2n) is 10.2. The largest absolute Gasteiger partial charge is 0.368 e. The van der Waals surface area contributed by atoms with Crippen LogP contribution in [0.3, 0.4) is 0 Å². The van der Waals surface area contributed by atoms with Crippen LogP contribution in [0, 0.1) is 18.7 Å². The number of hydrogen-bond acceptors (Lipinski definition) is 6. The van der Waals surface area contributed by atoms with E-state index in [2.05, 4.69) is 34.7 Å². The van der Waals surface area contributed by atoms with Crippen LogP contribution in [0.1, 0.15) is 55.0 Å². The molecule has 0 amide bonds. The Morgan fingerprint density at radius 1 is 1.24 bits per heavy atom. The normalized spacial score (nSPS) is 14.3. The Morgan fingerprint density at radius 3 is 2.63 bits per heavy atom. The standard InChI is InChI=1S/C28H40FN9/c1-6-20-12-22(14-24(29)13-20)17-38(28(30)34-36(5)31)18-23-15-25-19(3)33-35(4)27(25)32-26(23)37(7-2)16-21-10-8-9-11-21/h6,12-15,21H,1,7-11,16-18,31H2,2-5H3,(H2,30,34). The molecule has 0 unspecified atom stereocenters. The molecule has 4 rings (SSSR count). The number of hydrazone groups is 1. The van der Waals surface area contributed by atoms with Gasteiger partial charge in [0.25, 0.3) is 0 Å². The van der Waals surface area contributed by atoms with Crippen molar-refractivity contribution in [3.8, 4) is 0 Å². The molecule has 0 spiro atoms. The lowest BCUT2D eigenvalue weighted by molar-refractivity contribution is 0.338. The number of hydrazine groups is 1. The summed E-state index contributed by atoms with van der Waals surface area (Å²) in [6.45, 7) is 10.5. The summed E-state index contributed by atoms with van der Waals surface area (Å²) < 4.78 is 16.2. The Kier molecular flexibility index (Phi) is 8.51. The Hall–Kier alpha value is -3.66. The van der Waals surface area contributed by atoms with Crippen LogP contribution in [0.5, 0.6) is 0 Å². The van der Waals surface area contributed by atoms with Crippen molar-refractivity contribution in [1.29, 1.82) is 0 Å². The van der Waals surface area contributed by atoms with E-state index >= 15 is 0 Å². The zero-order chi connectivity index (χ0) is 27.4. The highest BCUT2D eigenvalue weighted by molar-refractivity contribution is 5.82. The number of pyridine rings is 1. The van der Waals surface area contributed by atoms with E-state index in [0.717, 1.165) is 46.8 Å². The van der Waals surface area contributed by atoms with Gasteiger partial charge in [-0.1, -0.05) is 25.5 Å². The van der Waals surface area contributed by atoms with Crippen molar-refractivity contribution in [1.82, 2.24) is 24.8 Å². The molecule has 0 radical (unpaired) electrons. The molecule has 1 saturated carbocycles. The van der Waals surface area contributed by atoms with Crippen LogP contribution in [0.15, 0.2) is 35.9 Å². The molecular formula is C28H40FN9. The van der Waals surface area contributed by atoms with Crippen molar-refractivity contribution in [3.05, 3.63) is 59.0 Å². The fraction of sp³-hybridized carbons (Fsp3) is 0.464. The van der Waals surface area contributed by atoms with E-state index in [0.29, 0.717) is 24.6 Å². The van der Waals surface area contributed by atoms with Crippen molar-refractivity contribution in [2.45, 2.75) is 52.6 Å². The van der Waals surface area contributed by atoms with Gasteiger partial charge in [-0.2, -0.15) is 5.10 Å². The van der Waals surface area contributed by atoms with Gasteiger partial charge in [-0.25, -0.2) is 20.3 Å². The molecule has 9 nitrogen and oxygen atoms in total. The maximum absolute atomic E-state index is 14.4. The van der Waals surface area contributed by atoms with Crippen LogP contribution in [0.25, 0.3) is 17.1 Å². The molecule has 38 heavy (non-hydrogen) atoms. The number of nitrogens with two attached hydrogens (primary N) is 2. The van der Waals surface area contributed by atoms with Crippen molar-refractivity contribution in [3.63, 3.8) is 0 Å². The first-order chi connectivity index (χ1) is 18.2. The number of aromatic nitrogens is 3. The highest BCUT2D eigenvalue weighted by Crippen LogP contribution is 2.31. The number of hydrogen-bond donors (Lipinski definition) is 2. The van der Waals surface area contributed by atoms with Crippen LogP contribution in [0.2, 0.25) is 0 Å². The molecule has 2 aromatic heterocycles. The summed E-state index contributed by atoms with van der Waals surface area (Å²) in [6.07, 6.45) is 6.70. The summed E-state index contributed by atoms with van der Waals surface area (Å²) in [5, 5.41) is 11.0. The minimum absolute atomic E-state index is 0.229. The summed E-state index contributed by atoms with van der Waals surface area (Å²) in [5.41, 5.74) is 10.7. The Labute approximate surface area is 224 Å². The molecule has 0 bridgehead atoms. The quantitative estimate of drug-likeness (QED) is 0.179. The van der Waals surface area contributed by atoms with E-state index < -0.39 is 0 Å². The van der Waals surface area contributed by atoms with Gasteiger partial charge in [-0.3, -0.25) is 4.68 Å². The van der Waals surface area contributed by atoms with Crippen molar-refractivity contribution in [2.24, 2.45) is 29.6 Å². The number of benzene rings is 1. The summed E-state index contributed by atoms with van der Waals surface area (Å²) >= 11 is 0. The first kappa shape index (κ1) is 27.4. The smallest absolute Gasteiger partial charge is 0.216 e. The molecule has 0 saturated heterocycles. The lowest BCUT2D eigenvalue weighted by Crippen LogP contribution is -2.40. The van der Waals surface area contributed by atoms with Crippen LogP contribution in [0.4, 0.5) is 10.2 Å². The fourth-order valence-electron chi connectivity index (χ4n) is 5.39. The van der Waals surface area contributed by atoms with Crippen LogP contribution >= 0.6 is 0 Å². The van der Waals surface area contributed by atoms with Gasteiger partial charge in [0.05, 0.1) is 5.69 Å². The van der Waals surface area contributed by atoms with Gasteiger partial charge in [-0.05, 0) is 68.0 Å². The van der Waals surface area contributed by atoms with Gasteiger partial charge >= 0.3 is 0 Å². The third-order valence-electron chi connectivity index (χ3n) is 7.22. The predicted octanol–water partition coefficient (Wildman–Crippen LogP) is 4.11. The van der Waals surface area contributed by atoms with E-state index in [4.69, 9.17) is 16.6 Å². The van der Waals surface area contributed by atoms with E-state index in [1.165, 1.54) is 42.9 Å². The van der Waals surface area contributed by atoms with Gasteiger partial charge in [-0.15, -0.1) is 5.10 Å². The summed E-state index contributed by atoms with van der Waals surface area (Å²) in [6, 6.07) is 7.01. The van der Waals surface area contributed by atoms with Crippen molar-refractivity contribution < 1.29 is 4.39 Å². The van der Waals surface area contributed by atoms with Gasteiger partial charge < -0.3 is 15.5 Å². The number of rotatable bonds is 10. The van der Waals surface area contributed by atoms with Gasteiger partial charge in [0.15, 0.2) is 5.65 Å². The number of nitrogens with zero attached hydrogens (tertiary/aromatic N) is 7. The molecule has 204 valence electrons. The molecule has 10 heteroatoms. The minimum atomic E-state index is -0.327. The average molecular weight is 522 g/mol.